The minimum Gasteiger partial charge on any atom is -0.461 e. The lowest BCUT2D eigenvalue weighted by Gasteiger charge is -2.10. The van der Waals surface area contributed by atoms with Crippen LogP contribution in [0.3, 0.4) is 0 Å². The first kappa shape index (κ1) is 19.0. The molecule has 0 atom stereocenters. The molecule has 0 bridgehead atoms. The highest BCUT2D eigenvalue weighted by molar-refractivity contribution is 7.99. The summed E-state index contributed by atoms with van der Waals surface area (Å²) in [7, 11) is 0. The molecule has 10 heteroatoms. The molecule has 1 amide bonds. The van der Waals surface area contributed by atoms with E-state index in [9.17, 15) is 18.0 Å². The lowest BCUT2D eigenvalue weighted by molar-refractivity contribution is -0.137. The van der Waals surface area contributed by atoms with Crippen LogP contribution in [0.2, 0.25) is 0 Å². The van der Waals surface area contributed by atoms with Gasteiger partial charge in [0.1, 0.15) is 0 Å². The Morgan fingerprint density at radius 3 is 2.74 bits per heavy atom. The van der Waals surface area contributed by atoms with Gasteiger partial charge in [0.15, 0.2) is 16.7 Å². The standard InChI is InChI=1S/C17H15F3N4O2S/c1-2-24-15(13-7-4-8-26-13)22-23-16(24)27-10-14(25)21-12-6-3-5-11(9-12)17(18,19)20/h3-9H,2,10H2,1H3,(H,21,25). The van der Waals surface area contributed by atoms with Crippen molar-refractivity contribution >= 4 is 23.4 Å². The number of carbonyl (C=O) groups is 1. The van der Waals surface area contributed by atoms with Crippen LogP contribution in [-0.2, 0) is 17.5 Å². The summed E-state index contributed by atoms with van der Waals surface area (Å²) in [5.74, 6) is 0.643. The molecule has 3 aromatic rings. The summed E-state index contributed by atoms with van der Waals surface area (Å²) in [4.78, 5) is 12.1. The van der Waals surface area contributed by atoms with E-state index in [1.807, 2.05) is 6.92 Å². The lowest BCUT2D eigenvalue weighted by Crippen LogP contribution is -2.15. The maximum Gasteiger partial charge on any atom is 0.416 e. The Labute approximate surface area is 156 Å². The van der Waals surface area contributed by atoms with Gasteiger partial charge in [-0.1, -0.05) is 17.8 Å². The van der Waals surface area contributed by atoms with Gasteiger partial charge in [-0.05, 0) is 37.3 Å². The number of amides is 1. The van der Waals surface area contributed by atoms with Crippen molar-refractivity contribution < 1.29 is 22.4 Å². The van der Waals surface area contributed by atoms with Crippen molar-refractivity contribution in [2.75, 3.05) is 11.1 Å². The minimum absolute atomic E-state index is 0.0213. The highest BCUT2D eigenvalue weighted by atomic mass is 32.2. The number of thioether (sulfide) groups is 1. The zero-order chi connectivity index (χ0) is 19.4. The summed E-state index contributed by atoms with van der Waals surface area (Å²) >= 11 is 1.14. The molecule has 1 aromatic carbocycles. The number of anilines is 1. The molecular formula is C17H15F3N4O2S. The Hall–Kier alpha value is -2.75. The van der Waals surface area contributed by atoms with Gasteiger partial charge in [0, 0.05) is 12.2 Å². The zero-order valence-corrected chi connectivity index (χ0v) is 15.0. The molecular weight excluding hydrogens is 381 g/mol. The third-order valence-corrected chi connectivity index (χ3v) is 4.55. The number of furan rings is 1. The average Bonchev–Trinajstić information content (AvgIpc) is 3.28. The van der Waals surface area contributed by atoms with Crippen LogP contribution in [0.25, 0.3) is 11.6 Å². The number of hydrogen-bond acceptors (Lipinski definition) is 5. The van der Waals surface area contributed by atoms with Gasteiger partial charge < -0.3 is 9.73 Å². The van der Waals surface area contributed by atoms with E-state index >= 15 is 0 Å². The Morgan fingerprint density at radius 2 is 2.07 bits per heavy atom. The summed E-state index contributed by atoms with van der Waals surface area (Å²) in [6.45, 7) is 2.48. The van der Waals surface area contributed by atoms with Crippen LogP contribution in [-0.4, -0.2) is 26.4 Å². The molecule has 0 saturated heterocycles. The van der Waals surface area contributed by atoms with Crippen molar-refractivity contribution in [1.29, 1.82) is 0 Å². The van der Waals surface area contributed by atoms with Gasteiger partial charge in [0.05, 0.1) is 17.6 Å². The van der Waals surface area contributed by atoms with Crippen molar-refractivity contribution in [2.45, 2.75) is 24.8 Å². The van der Waals surface area contributed by atoms with Gasteiger partial charge in [-0.15, -0.1) is 10.2 Å². The largest absolute Gasteiger partial charge is 0.461 e. The molecule has 142 valence electrons. The van der Waals surface area contributed by atoms with Gasteiger partial charge in [0.2, 0.25) is 5.91 Å². The molecule has 0 saturated carbocycles. The molecule has 0 fully saturated rings. The number of nitrogens with one attached hydrogen (secondary N) is 1. The zero-order valence-electron chi connectivity index (χ0n) is 14.2. The fourth-order valence-electron chi connectivity index (χ4n) is 2.37. The van der Waals surface area contributed by atoms with Crippen molar-refractivity contribution in [3.8, 4) is 11.6 Å². The van der Waals surface area contributed by atoms with Crippen molar-refractivity contribution in [2.24, 2.45) is 0 Å². The van der Waals surface area contributed by atoms with Crippen LogP contribution < -0.4 is 5.32 Å². The van der Waals surface area contributed by atoms with Crippen molar-refractivity contribution in [3.63, 3.8) is 0 Å². The van der Waals surface area contributed by atoms with Gasteiger partial charge in [-0.2, -0.15) is 13.2 Å². The molecule has 6 nitrogen and oxygen atoms in total. The topological polar surface area (TPSA) is 73.0 Å². The number of aromatic nitrogens is 3. The number of halogens is 3. The van der Waals surface area contributed by atoms with Crippen LogP contribution in [0.15, 0.2) is 52.2 Å². The van der Waals surface area contributed by atoms with E-state index in [2.05, 4.69) is 15.5 Å². The van der Waals surface area contributed by atoms with Crippen LogP contribution >= 0.6 is 11.8 Å². The number of carbonyl (C=O) groups excluding carboxylic acids is 1. The second-order valence-corrected chi connectivity index (χ2v) is 6.39. The molecule has 2 heterocycles. The molecule has 0 aliphatic heterocycles. The van der Waals surface area contributed by atoms with Crippen LogP contribution in [0, 0.1) is 0 Å². The van der Waals surface area contributed by atoms with Crippen LogP contribution in [0.1, 0.15) is 12.5 Å². The predicted molar refractivity (Wildman–Crippen MR) is 94.2 cm³/mol. The Bertz CT molecular complexity index is 923. The van der Waals surface area contributed by atoms with Gasteiger partial charge in [0.25, 0.3) is 0 Å². The van der Waals surface area contributed by atoms with Gasteiger partial charge in [-0.25, -0.2) is 0 Å². The minimum atomic E-state index is -4.46. The van der Waals surface area contributed by atoms with E-state index in [0.717, 1.165) is 23.9 Å². The normalized spacial score (nSPS) is 11.6. The first-order chi connectivity index (χ1) is 12.9. The number of rotatable bonds is 6. The monoisotopic (exact) mass is 396 g/mol. The number of benzene rings is 1. The summed E-state index contributed by atoms with van der Waals surface area (Å²) in [5.41, 5.74) is -0.731. The highest BCUT2D eigenvalue weighted by Gasteiger charge is 2.30. The smallest absolute Gasteiger partial charge is 0.416 e. The number of alkyl halides is 3. The summed E-state index contributed by atoms with van der Waals surface area (Å²) < 4.78 is 45.3. The second-order valence-electron chi connectivity index (χ2n) is 5.44. The first-order valence-corrected chi connectivity index (χ1v) is 8.94. The molecule has 0 radical (unpaired) electrons. The maximum atomic E-state index is 12.7. The van der Waals surface area contributed by atoms with E-state index in [4.69, 9.17) is 4.42 Å². The predicted octanol–water partition coefficient (Wildman–Crippen LogP) is 4.31. The molecule has 0 unspecified atom stereocenters. The lowest BCUT2D eigenvalue weighted by atomic mass is 10.2. The third kappa shape index (κ3) is 4.51. The van der Waals surface area contributed by atoms with Crippen LogP contribution in [0.4, 0.5) is 18.9 Å². The molecule has 27 heavy (non-hydrogen) atoms. The fourth-order valence-corrected chi connectivity index (χ4v) is 3.17. The highest BCUT2D eigenvalue weighted by Crippen LogP contribution is 2.31. The Morgan fingerprint density at radius 1 is 1.26 bits per heavy atom. The molecule has 3 rings (SSSR count). The van der Waals surface area contributed by atoms with Crippen molar-refractivity contribution in [1.82, 2.24) is 14.8 Å². The van der Waals surface area contributed by atoms with E-state index in [1.54, 1.807) is 16.7 Å². The molecule has 0 aliphatic carbocycles. The SMILES string of the molecule is CCn1c(SCC(=O)Nc2cccc(C(F)(F)F)c2)nnc1-c1ccco1. The summed E-state index contributed by atoms with van der Waals surface area (Å²) in [6, 6.07) is 7.98. The van der Waals surface area contributed by atoms with E-state index in [-0.39, 0.29) is 11.4 Å². The van der Waals surface area contributed by atoms with E-state index in [1.165, 1.54) is 18.4 Å². The number of nitrogens with zero attached hydrogens (tertiary/aromatic N) is 3. The summed E-state index contributed by atoms with van der Waals surface area (Å²) in [5, 5.41) is 11.1. The van der Waals surface area contributed by atoms with Crippen molar-refractivity contribution in [3.05, 3.63) is 48.2 Å². The van der Waals surface area contributed by atoms with E-state index < -0.39 is 17.6 Å². The molecule has 2 aromatic heterocycles. The Balaban J connectivity index is 1.65. The van der Waals surface area contributed by atoms with Gasteiger partial charge in [-0.3, -0.25) is 9.36 Å². The van der Waals surface area contributed by atoms with Gasteiger partial charge >= 0.3 is 6.18 Å². The fraction of sp³-hybridized carbons (Fsp3) is 0.235. The molecule has 0 aliphatic rings. The van der Waals surface area contributed by atoms with Crippen LogP contribution in [0.5, 0.6) is 0 Å². The van der Waals surface area contributed by atoms with E-state index in [0.29, 0.717) is 23.3 Å². The maximum absolute atomic E-state index is 12.7. The average molecular weight is 396 g/mol. The number of hydrogen-bond donors (Lipinski definition) is 1. The molecule has 1 N–H and O–H groups in total. The first-order valence-electron chi connectivity index (χ1n) is 7.95. The summed E-state index contributed by atoms with van der Waals surface area (Å²) in [6.07, 6.45) is -2.94. The quantitative estimate of drug-likeness (QED) is 0.629. The third-order valence-electron chi connectivity index (χ3n) is 3.58. The Kier molecular flexibility index (Phi) is 5.54. The molecule has 0 spiro atoms. The second kappa shape index (κ2) is 7.87.